The molecule has 0 spiro atoms. The van der Waals surface area contributed by atoms with E-state index in [4.69, 9.17) is 15.7 Å². The number of carbonyl (C=O) groups excluding carboxylic acids is 1. The fourth-order valence-electron chi connectivity index (χ4n) is 3.36. The van der Waals surface area contributed by atoms with Crippen LogP contribution in [-0.4, -0.2) is 33.6 Å². The van der Waals surface area contributed by atoms with Gasteiger partial charge in [0.05, 0.1) is 17.1 Å². The number of nitrogen functional groups attached to an aromatic ring is 1. The monoisotopic (exact) mass is 406 g/mol. The van der Waals surface area contributed by atoms with Crippen LogP contribution < -0.4 is 11.1 Å². The summed E-state index contributed by atoms with van der Waals surface area (Å²) in [4.78, 5) is 21.4. The zero-order valence-corrected chi connectivity index (χ0v) is 17.5. The Kier molecular flexibility index (Phi) is 6.65. The van der Waals surface area contributed by atoms with Crippen LogP contribution in [0.5, 0.6) is 0 Å². The number of benzene rings is 1. The van der Waals surface area contributed by atoms with Gasteiger partial charge in [-0.15, -0.1) is 0 Å². The number of carbonyl (C=O) groups is 1. The van der Waals surface area contributed by atoms with E-state index in [9.17, 15) is 4.79 Å². The van der Waals surface area contributed by atoms with Crippen LogP contribution >= 0.6 is 0 Å². The van der Waals surface area contributed by atoms with Gasteiger partial charge in [-0.2, -0.15) is 5.26 Å². The van der Waals surface area contributed by atoms with Crippen LogP contribution in [0.3, 0.4) is 0 Å². The van der Waals surface area contributed by atoms with E-state index in [0.717, 1.165) is 22.6 Å². The average molecular weight is 406 g/mol. The molecule has 0 radical (unpaired) electrons. The second-order valence-electron chi connectivity index (χ2n) is 7.02. The van der Waals surface area contributed by atoms with E-state index >= 15 is 0 Å². The molecule has 0 aliphatic rings. The molecule has 1 aromatic carbocycles. The Balaban J connectivity index is 1.74. The van der Waals surface area contributed by atoms with Crippen molar-refractivity contribution >= 4 is 22.8 Å². The van der Waals surface area contributed by atoms with E-state index in [1.54, 1.807) is 24.3 Å². The number of aryl methyl sites for hydroxylation is 3. The molecule has 0 aliphatic carbocycles. The predicted molar refractivity (Wildman–Crippen MR) is 115 cm³/mol. The zero-order valence-electron chi connectivity index (χ0n) is 17.5. The molecule has 156 valence electrons. The summed E-state index contributed by atoms with van der Waals surface area (Å²) in [5.41, 5.74) is 10.6. The summed E-state index contributed by atoms with van der Waals surface area (Å²) in [6.45, 7) is 8.00. The highest BCUT2D eigenvalue weighted by Crippen LogP contribution is 2.26. The number of nitrogens with two attached hydrogens (primary N) is 1. The number of imidazole rings is 1. The number of aromatic nitrogens is 3. The van der Waals surface area contributed by atoms with Crippen molar-refractivity contribution in [3.8, 4) is 6.07 Å². The summed E-state index contributed by atoms with van der Waals surface area (Å²) < 4.78 is 7.69. The third-order valence-corrected chi connectivity index (χ3v) is 5.01. The van der Waals surface area contributed by atoms with Gasteiger partial charge < -0.3 is 20.4 Å². The van der Waals surface area contributed by atoms with Gasteiger partial charge >= 0.3 is 0 Å². The van der Waals surface area contributed by atoms with E-state index in [1.807, 2.05) is 26.8 Å². The number of nitrogens with zero attached hydrogens (tertiary/aromatic N) is 4. The zero-order chi connectivity index (χ0) is 21.7. The SMILES string of the molecule is CCOCc1nc2c(N)nc(C)c(C)c2n1CCCNC(=O)c1cccc(C#N)c1. The first-order valence-corrected chi connectivity index (χ1v) is 9.94. The summed E-state index contributed by atoms with van der Waals surface area (Å²) >= 11 is 0. The van der Waals surface area contributed by atoms with Gasteiger partial charge in [-0.25, -0.2) is 9.97 Å². The van der Waals surface area contributed by atoms with Gasteiger partial charge in [0, 0.05) is 31.0 Å². The van der Waals surface area contributed by atoms with Crippen molar-refractivity contribution in [1.29, 1.82) is 5.26 Å². The molecule has 3 aromatic rings. The molecule has 3 rings (SSSR count). The van der Waals surface area contributed by atoms with Gasteiger partial charge in [-0.1, -0.05) is 6.07 Å². The number of pyridine rings is 1. The molecule has 0 bridgehead atoms. The molecule has 8 heteroatoms. The van der Waals surface area contributed by atoms with Crippen LogP contribution in [0.15, 0.2) is 24.3 Å². The van der Waals surface area contributed by atoms with Crippen LogP contribution in [0.4, 0.5) is 5.82 Å². The first kappa shape index (κ1) is 21.3. The van der Waals surface area contributed by atoms with Gasteiger partial charge in [0.1, 0.15) is 17.9 Å². The number of rotatable bonds is 8. The lowest BCUT2D eigenvalue weighted by Crippen LogP contribution is -2.25. The molecule has 0 saturated carbocycles. The smallest absolute Gasteiger partial charge is 0.251 e. The second-order valence-corrected chi connectivity index (χ2v) is 7.02. The summed E-state index contributed by atoms with van der Waals surface area (Å²) in [7, 11) is 0. The molecule has 0 unspecified atom stereocenters. The summed E-state index contributed by atoms with van der Waals surface area (Å²) in [6.07, 6.45) is 0.703. The van der Waals surface area contributed by atoms with Crippen LogP contribution in [0.1, 0.15) is 46.3 Å². The Bertz CT molecular complexity index is 1110. The minimum atomic E-state index is -0.197. The molecule has 0 fully saturated rings. The highest BCUT2D eigenvalue weighted by Gasteiger charge is 2.17. The minimum absolute atomic E-state index is 0.197. The van der Waals surface area contributed by atoms with E-state index in [-0.39, 0.29) is 5.91 Å². The van der Waals surface area contributed by atoms with E-state index in [1.165, 1.54) is 0 Å². The van der Waals surface area contributed by atoms with E-state index in [2.05, 4.69) is 19.9 Å². The normalized spacial score (nSPS) is 10.9. The fraction of sp³-hybridized carbons (Fsp3) is 0.364. The van der Waals surface area contributed by atoms with Gasteiger partial charge in [-0.3, -0.25) is 4.79 Å². The lowest BCUT2D eigenvalue weighted by atomic mass is 10.1. The number of anilines is 1. The molecular weight excluding hydrogens is 380 g/mol. The van der Waals surface area contributed by atoms with Gasteiger partial charge in [0.25, 0.3) is 5.91 Å². The Labute approximate surface area is 175 Å². The van der Waals surface area contributed by atoms with Crippen molar-refractivity contribution in [2.75, 3.05) is 18.9 Å². The number of hydrogen-bond acceptors (Lipinski definition) is 6. The van der Waals surface area contributed by atoms with Crippen LogP contribution in [0.2, 0.25) is 0 Å². The van der Waals surface area contributed by atoms with Crippen molar-refractivity contribution in [2.45, 2.75) is 40.3 Å². The number of nitriles is 1. The Hall–Kier alpha value is -3.44. The number of fused-ring (bicyclic) bond motifs is 1. The van der Waals surface area contributed by atoms with Crippen molar-refractivity contribution < 1.29 is 9.53 Å². The van der Waals surface area contributed by atoms with E-state index < -0.39 is 0 Å². The molecule has 2 aromatic heterocycles. The molecule has 3 N–H and O–H groups in total. The number of ether oxygens (including phenoxy) is 1. The van der Waals surface area contributed by atoms with Gasteiger partial charge in [-0.05, 0) is 51.0 Å². The highest BCUT2D eigenvalue weighted by molar-refractivity contribution is 5.94. The molecule has 2 heterocycles. The molecule has 8 nitrogen and oxygen atoms in total. The molecule has 1 amide bonds. The molecule has 0 atom stereocenters. The molecule has 0 saturated heterocycles. The number of nitrogens with one attached hydrogen (secondary N) is 1. The number of amides is 1. The largest absolute Gasteiger partial charge is 0.382 e. The Morgan fingerprint density at radius 2 is 2.13 bits per heavy atom. The standard InChI is InChI=1S/C22H26N6O2/c1-4-30-13-18-27-19-20(14(2)15(3)26-21(19)24)28(18)10-6-9-25-22(29)17-8-5-7-16(11-17)12-23/h5,7-8,11H,4,6,9-10,13H2,1-3H3,(H2,24,26)(H,25,29). The van der Waals surface area contributed by atoms with Crippen molar-refractivity contribution in [2.24, 2.45) is 0 Å². The highest BCUT2D eigenvalue weighted by atomic mass is 16.5. The Morgan fingerprint density at radius 1 is 1.33 bits per heavy atom. The Morgan fingerprint density at radius 3 is 2.87 bits per heavy atom. The first-order valence-electron chi connectivity index (χ1n) is 9.94. The summed E-state index contributed by atoms with van der Waals surface area (Å²) in [6, 6.07) is 8.70. The van der Waals surface area contributed by atoms with Crippen LogP contribution in [-0.2, 0) is 17.9 Å². The van der Waals surface area contributed by atoms with Crippen molar-refractivity contribution in [3.63, 3.8) is 0 Å². The fourth-order valence-corrected chi connectivity index (χ4v) is 3.36. The lowest BCUT2D eigenvalue weighted by Gasteiger charge is -2.12. The maximum atomic E-state index is 12.4. The third-order valence-electron chi connectivity index (χ3n) is 5.01. The third kappa shape index (κ3) is 4.42. The van der Waals surface area contributed by atoms with E-state index in [0.29, 0.717) is 55.2 Å². The van der Waals surface area contributed by atoms with Gasteiger partial charge in [0.2, 0.25) is 0 Å². The first-order chi connectivity index (χ1) is 14.5. The van der Waals surface area contributed by atoms with Gasteiger partial charge in [0.15, 0.2) is 5.82 Å². The quantitative estimate of drug-likeness (QED) is 0.555. The maximum absolute atomic E-state index is 12.4. The molecule has 30 heavy (non-hydrogen) atoms. The summed E-state index contributed by atoms with van der Waals surface area (Å²) in [5, 5.41) is 11.9. The lowest BCUT2D eigenvalue weighted by molar-refractivity contribution is 0.0952. The molecule has 0 aliphatic heterocycles. The predicted octanol–water partition coefficient (Wildman–Crippen LogP) is 2.86. The van der Waals surface area contributed by atoms with Crippen LogP contribution in [0, 0.1) is 25.2 Å². The minimum Gasteiger partial charge on any atom is -0.382 e. The molecular formula is C22H26N6O2. The number of hydrogen-bond donors (Lipinski definition) is 2. The van der Waals surface area contributed by atoms with Crippen LogP contribution in [0.25, 0.3) is 11.0 Å². The average Bonchev–Trinajstić information content (AvgIpc) is 3.12. The maximum Gasteiger partial charge on any atom is 0.251 e. The summed E-state index contributed by atoms with van der Waals surface area (Å²) in [5.74, 6) is 1.01. The second kappa shape index (κ2) is 9.37. The van der Waals surface area contributed by atoms with Crippen molar-refractivity contribution in [1.82, 2.24) is 19.9 Å². The topological polar surface area (TPSA) is 119 Å². The van der Waals surface area contributed by atoms with Crippen molar-refractivity contribution in [3.05, 3.63) is 52.5 Å².